The molecule has 7 heteroatoms. The molecular formula is C13H8F5NO. The molecule has 0 radical (unpaired) electrons. The van der Waals surface area contributed by atoms with Crippen LogP contribution in [-0.4, -0.2) is 10.7 Å². The van der Waals surface area contributed by atoms with Gasteiger partial charge in [0.2, 0.25) is 0 Å². The molecule has 2 rings (SSSR count). The van der Waals surface area contributed by atoms with Gasteiger partial charge in [0, 0.05) is 23.5 Å². The monoisotopic (exact) mass is 289 g/mol. The molecule has 0 unspecified atom stereocenters. The molecule has 0 atom stereocenters. The molecular weight excluding hydrogens is 281 g/mol. The zero-order chi connectivity index (χ0) is 15.0. The van der Waals surface area contributed by atoms with E-state index in [0.29, 0.717) is 18.3 Å². The number of alkyl halides is 5. The van der Waals surface area contributed by atoms with E-state index in [1.54, 1.807) is 6.07 Å². The van der Waals surface area contributed by atoms with Gasteiger partial charge in [-0.2, -0.15) is 22.0 Å². The Labute approximate surface area is 110 Å². The lowest BCUT2D eigenvalue weighted by Crippen LogP contribution is -2.35. The van der Waals surface area contributed by atoms with E-state index >= 15 is 0 Å². The molecule has 0 bridgehead atoms. The summed E-state index contributed by atoms with van der Waals surface area (Å²) in [6.07, 6.45) is -5.21. The Kier molecular flexibility index (Phi) is 3.37. The van der Waals surface area contributed by atoms with E-state index < -0.39 is 23.2 Å². The molecule has 106 valence electrons. The average molecular weight is 289 g/mol. The van der Waals surface area contributed by atoms with E-state index in [1.807, 2.05) is 0 Å². The molecule has 0 amide bonds. The first-order valence-electron chi connectivity index (χ1n) is 5.46. The van der Waals surface area contributed by atoms with Crippen molar-refractivity contribution in [3.05, 3.63) is 64.6 Å². The van der Waals surface area contributed by atoms with Crippen molar-refractivity contribution in [1.82, 2.24) is 4.57 Å². The van der Waals surface area contributed by atoms with E-state index in [4.69, 9.17) is 0 Å². The number of para-hydroxylation sites is 1. The number of rotatable bonds is 2. The number of nitrogens with zero attached hydrogens (tertiary/aromatic N) is 1. The van der Waals surface area contributed by atoms with Crippen LogP contribution >= 0.6 is 0 Å². The quantitative estimate of drug-likeness (QED) is 0.776. The van der Waals surface area contributed by atoms with Crippen LogP contribution in [0, 0.1) is 0 Å². The lowest BCUT2D eigenvalue weighted by molar-refractivity contribution is -0.289. The van der Waals surface area contributed by atoms with Crippen molar-refractivity contribution in [2.24, 2.45) is 0 Å². The lowest BCUT2D eigenvalue weighted by atomic mass is 10.1. The van der Waals surface area contributed by atoms with Crippen molar-refractivity contribution in [2.45, 2.75) is 12.1 Å². The van der Waals surface area contributed by atoms with Gasteiger partial charge >= 0.3 is 12.1 Å². The summed E-state index contributed by atoms with van der Waals surface area (Å²) in [5.41, 5.74) is -1.77. The van der Waals surface area contributed by atoms with Crippen LogP contribution in [0.1, 0.15) is 5.56 Å². The summed E-state index contributed by atoms with van der Waals surface area (Å²) in [6, 6.07) is 8.72. The molecule has 20 heavy (non-hydrogen) atoms. The minimum atomic E-state index is -5.72. The largest absolute Gasteiger partial charge is 0.458 e. The van der Waals surface area contributed by atoms with Gasteiger partial charge in [-0.05, 0) is 18.2 Å². The summed E-state index contributed by atoms with van der Waals surface area (Å²) in [5.74, 6) is -5.02. The third-order valence-corrected chi connectivity index (χ3v) is 2.66. The highest BCUT2D eigenvalue weighted by Gasteiger charge is 2.58. The lowest BCUT2D eigenvalue weighted by Gasteiger charge is -2.20. The van der Waals surface area contributed by atoms with Crippen LogP contribution in [0.5, 0.6) is 0 Å². The fourth-order valence-corrected chi connectivity index (χ4v) is 1.63. The molecule has 0 fully saturated rings. The van der Waals surface area contributed by atoms with Crippen LogP contribution in [0.3, 0.4) is 0 Å². The van der Waals surface area contributed by atoms with Crippen LogP contribution in [0.2, 0.25) is 0 Å². The first kappa shape index (κ1) is 14.2. The molecule has 0 saturated heterocycles. The molecule has 0 aliphatic heterocycles. The summed E-state index contributed by atoms with van der Waals surface area (Å²) in [7, 11) is 0. The van der Waals surface area contributed by atoms with Crippen LogP contribution in [-0.2, 0) is 5.92 Å². The fourth-order valence-electron chi connectivity index (χ4n) is 1.63. The van der Waals surface area contributed by atoms with Gasteiger partial charge in [-0.1, -0.05) is 18.2 Å². The fraction of sp³-hybridized carbons (Fsp3) is 0.154. The van der Waals surface area contributed by atoms with Gasteiger partial charge < -0.3 is 0 Å². The molecule has 0 aliphatic rings. The van der Waals surface area contributed by atoms with Gasteiger partial charge in [-0.25, -0.2) is 0 Å². The number of aromatic nitrogens is 1. The molecule has 0 saturated carbocycles. The second kappa shape index (κ2) is 4.73. The highest BCUT2D eigenvalue weighted by atomic mass is 19.4. The first-order chi connectivity index (χ1) is 9.23. The van der Waals surface area contributed by atoms with E-state index in [1.165, 1.54) is 24.3 Å². The summed E-state index contributed by atoms with van der Waals surface area (Å²) >= 11 is 0. The van der Waals surface area contributed by atoms with Gasteiger partial charge in [0.25, 0.3) is 5.56 Å². The summed E-state index contributed by atoms with van der Waals surface area (Å²) < 4.78 is 64.2. The second-order valence-electron chi connectivity index (χ2n) is 4.03. The Morgan fingerprint density at radius 3 is 2.00 bits per heavy atom. The Morgan fingerprint density at radius 2 is 1.45 bits per heavy atom. The van der Waals surface area contributed by atoms with Crippen LogP contribution in [0.25, 0.3) is 5.69 Å². The van der Waals surface area contributed by atoms with Gasteiger partial charge in [0.05, 0.1) is 0 Å². The van der Waals surface area contributed by atoms with Crippen LogP contribution in [0.15, 0.2) is 53.5 Å². The first-order valence-corrected chi connectivity index (χ1v) is 5.46. The van der Waals surface area contributed by atoms with Gasteiger partial charge in [-0.3, -0.25) is 9.36 Å². The summed E-state index contributed by atoms with van der Waals surface area (Å²) in [4.78, 5) is 11.6. The molecule has 0 aliphatic carbocycles. The zero-order valence-electron chi connectivity index (χ0n) is 9.86. The Morgan fingerprint density at radius 1 is 0.850 bits per heavy atom. The van der Waals surface area contributed by atoms with Crippen molar-refractivity contribution in [3.8, 4) is 5.69 Å². The van der Waals surface area contributed by atoms with E-state index in [-0.39, 0.29) is 5.69 Å². The second-order valence-corrected chi connectivity index (χ2v) is 4.03. The molecule has 0 spiro atoms. The number of benzene rings is 1. The van der Waals surface area contributed by atoms with Crippen molar-refractivity contribution < 1.29 is 22.0 Å². The van der Waals surface area contributed by atoms with Crippen molar-refractivity contribution >= 4 is 0 Å². The maximum atomic E-state index is 13.2. The third kappa shape index (κ3) is 2.43. The number of pyridine rings is 1. The standard InChI is InChI=1S/C13H8F5NO/c14-12(15,13(16,17)18)9-6-7-11(20)19(8-9)10-4-2-1-3-5-10/h1-8H. The van der Waals surface area contributed by atoms with E-state index in [9.17, 15) is 26.7 Å². The number of hydrogen-bond acceptors (Lipinski definition) is 1. The van der Waals surface area contributed by atoms with E-state index in [2.05, 4.69) is 0 Å². The predicted molar refractivity (Wildman–Crippen MR) is 62.0 cm³/mol. The number of hydrogen-bond donors (Lipinski definition) is 0. The van der Waals surface area contributed by atoms with Crippen LogP contribution < -0.4 is 5.56 Å². The normalized spacial score (nSPS) is 12.4. The maximum absolute atomic E-state index is 13.2. The SMILES string of the molecule is O=c1ccc(C(F)(F)C(F)(F)F)cn1-c1ccccc1. The maximum Gasteiger partial charge on any atom is 0.458 e. The van der Waals surface area contributed by atoms with Crippen molar-refractivity contribution in [3.63, 3.8) is 0 Å². The predicted octanol–water partition coefficient (Wildman–Crippen LogP) is 3.49. The third-order valence-electron chi connectivity index (χ3n) is 2.66. The molecule has 0 N–H and O–H groups in total. The van der Waals surface area contributed by atoms with Gasteiger partial charge in [0.15, 0.2) is 0 Å². The van der Waals surface area contributed by atoms with Gasteiger partial charge in [0.1, 0.15) is 0 Å². The minimum Gasteiger partial charge on any atom is -0.284 e. The summed E-state index contributed by atoms with van der Waals surface area (Å²) in [5, 5.41) is 0. The molecule has 1 heterocycles. The highest BCUT2D eigenvalue weighted by Crippen LogP contribution is 2.43. The minimum absolute atomic E-state index is 0.206. The zero-order valence-corrected chi connectivity index (χ0v) is 9.86. The van der Waals surface area contributed by atoms with Gasteiger partial charge in [-0.15, -0.1) is 0 Å². The van der Waals surface area contributed by atoms with Crippen molar-refractivity contribution in [1.29, 1.82) is 0 Å². The molecule has 2 aromatic rings. The summed E-state index contributed by atoms with van der Waals surface area (Å²) in [6.45, 7) is 0. The molecule has 1 aromatic heterocycles. The highest BCUT2D eigenvalue weighted by molar-refractivity contribution is 5.33. The molecule has 2 nitrogen and oxygen atoms in total. The number of halogens is 5. The Balaban J connectivity index is 2.59. The van der Waals surface area contributed by atoms with Crippen LogP contribution in [0.4, 0.5) is 22.0 Å². The average Bonchev–Trinajstić information content (AvgIpc) is 2.38. The molecule has 1 aromatic carbocycles. The smallest absolute Gasteiger partial charge is 0.284 e. The Hall–Kier alpha value is -2.18. The topological polar surface area (TPSA) is 22.0 Å². The Bertz CT molecular complexity index is 660. The van der Waals surface area contributed by atoms with Crippen molar-refractivity contribution in [2.75, 3.05) is 0 Å². The van der Waals surface area contributed by atoms with E-state index in [0.717, 1.165) is 4.57 Å².